The second-order valence-electron chi connectivity index (χ2n) is 6.48. The molecule has 0 fully saturated rings. The lowest BCUT2D eigenvalue weighted by atomic mass is 10.1. The topological polar surface area (TPSA) is 129 Å². The Labute approximate surface area is 186 Å². The Morgan fingerprint density at radius 1 is 1.00 bits per heavy atom. The van der Waals surface area contributed by atoms with Crippen molar-refractivity contribution < 1.29 is 37.0 Å². The standard InChI is InChI=1S/C21H26N2O8S/c1-6-31-14-7-9-15(10-8-14)32(26,27)23-13(2)20(24)22-17-12-19(29-4)18(28-3)11-16(17)21(25)30-5/h7-13,23H,6H2,1-5H3,(H,22,24)/t13-/m1/s1. The smallest absolute Gasteiger partial charge is 0.340 e. The molecular weight excluding hydrogens is 440 g/mol. The van der Waals surface area contributed by atoms with E-state index in [1.54, 1.807) is 0 Å². The number of esters is 1. The monoisotopic (exact) mass is 466 g/mol. The fourth-order valence-corrected chi connectivity index (χ4v) is 3.94. The molecule has 2 rings (SSSR count). The van der Waals surface area contributed by atoms with Crippen LogP contribution in [0, 0.1) is 0 Å². The lowest BCUT2D eigenvalue weighted by Crippen LogP contribution is -2.41. The zero-order valence-electron chi connectivity index (χ0n) is 18.4. The van der Waals surface area contributed by atoms with E-state index < -0.39 is 27.9 Å². The average molecular weight is 467 g/mol. The van der Waals surface area contributed by atoms with Crippen LogP contribution in [-0.2, 0) is 19.6 Å². The number of benzene rings is 2. The van der Waals surface area contributed by atoms with Crippen molar-refractivity contribution in [3.8, 4) is 17.2 Å². The van der Waals surface area contributed by atoms with Crippen molar-refractivity contribution in [1.29, 1.82) is 0 Å². The van der Waals surface area contributed by atoms with Gasteiger partial charge in [0.25, 0.3) is 0 Å². The van der Waals surface area contributed by atoms with Gasteiger partial charge in [-0.15, -0.1) is 0 Å². The first kappa shape index (κ1) is 25.0. The fourth-order valence-electron chi connectivity index (χ4n) is 2.74. The summed E-state index contributed by atoms with van der Waals surface area (Å²) in [5.41, 5.74) is 0.0895. The SMILES string of the molecule is CCOc1ccc(S(=O)(=O)N[C@H](C)C(=O)Nc2cc(OC)c(OC)cc2C(=O)OC)cc1. The molecule has 0 unspecified atom stereocenters. The molecule has 11 heteroatoms. The van der Waals surface area contributed by atoms with Crippen LogP contribution in [-0.4, -0.2) is 54.3 Å². The normalized spacial score (nSPS) is 11.9. The first-order valence-corrected chi connectivity index (χ1v) is 11.1. The van der Waals surface area contributed by atoms with E-state index in [4.69, 9.17) is 18.9 Å². The van der Waals surface area contributed by atoms with Crippen molar-refractivity contribution in [2.75, 3.05) is 33.3 Å². The molecule has 0 aliphatic carbocycles. The van der Waals surface area contributed by atoms with Crippen LogP contribution < -0.4 is 24.2 Å². The molecule has 2 aromatic rings. The predicted octanol–water partition coefficient (Wildman–Crippen LogP) is 2.19. The van der Waals surface area contributed by atoms with E-state index in [1.807, 2.05) is 6.92 Å². The molecule has 0 aliphatic heterocycles. The van der Waals surface area contributed by atoms with E-state index in [9.17, 15) is 18.0 Å². The van der Waals surface area contributed by atoms with Crippen LogP contribution in [0.5, 0.6) is 17.2 Å². The molecule has 0 bridgehead atoms. The predicted molar refractivity (Wildman–Crippen MR) is 117 cm³/mol. The van der Waals surface area contributed by atoms with Crippen LogP contribution in [0.3, 0.4) is 0 Å². The number of ether oxygens (including phenoxy) is 4. The van der Waals surface area contributed by atoms with Gasteiger partial charge in [0.15, 0.2) is 11.5 Å². The third-order valence-electron chi connectivity index (χ3n) is 4.36. The zero-order chi connectivity index (χ0) is 23.9. The quantitative estimate of drug-likeness (QED) is 0.510. The molecule has 0 spiro atoms. The highest BCUT2D eigenvalue weighted by Crippen LogP contribution is 2.33. The lowest BCUT2D eigenvalue weighted by Gasteiger charge is -2.18. The summed E-state index contributed by atoms with van der Waals surface area (Å²) < 4.78 is 48.0. The molecule has 1 amide bonds. The van der Waals surface area contributed by atoms with Crippen molar-refractivity contribution in [1.82, 2.24) is 4.72 Å². The number of hydrogen-bond acceptors (Lipinski definition) is 8. The number of carbonyl (C=O) groups excluding carboxylic acids is 2. The first-order valence-electron chi connectivity index (χ1n) is 9.57. The maximum Gasteiger partial charge on any atom is 0.340 e. The summed E-state index contributed by atoms with van der Waals surface area (Å²) in [5, 5.41) is 2.53. The van der Waals surface area contributed by atoms with Crippen molar-refractivity contribution in [2.24, 2.45) is 0 Å². The van der Waals surface area contributed by atoms with Gasteiger partial charge in [0.2, 0.25) is 15.9 Å². The Balaban J connectivity index is 2.23. The minimum Gasteiger partial charge on any atom is -0.494 e. The number of carbonyl (C=O) groups is 2. The highest BCUT2D eigenvalue weighted by Gasteiger charge is 2.25. The van der Waals surface area contributed by atoms with Crippen LogP contribution in [0.2, 0.25) is 0 Å². The van der Waals surface area contributed by atoms with Crippen LogP contribution >= 0.6 is 0 Å². The largest absolute Gasteiger partial charge is 0.494 e. The molecule has 0 saturated heterocycles. The van der Waals surface area contributed by atoms with Gasteiger partial charge in [-0.05, 0) is 38.1 Å². The molecule has 32 heavy (non-hydrogen) atoms. The Morgan fingerprint density at radius 2 is 1.59 bits per heavy atom. The summed E-state index contributed by atoms with van der Waals surface area (Å²) in [4.78, 5) is 24.8. The van der Waals surface area contributed by atoms with Crippen LogP contribution in [0.15, 0.2) is 41.3 Å². The maximum absolute atomic E-state index is 12.7. The van der Waals surface area contributed by atoms with Crippen molar-refractivity contribution in [2.45, 2.75) is 24.8 Å². The molecule has 0 heterocycles. The molecule has 0 aliphatic rings. The Morgan fingerprint density at radius 3 is 2.12 bits per heavy atom. The average Bonchev–Trinajstić information content (AvgIpc) is 2.78. The molecule has 0 radical (unpaired) electrons. The first-order chi connectivity index (χ1) is 15.2. The van der Waals surface area contributed by atoms with Gasteiger partial charge in [-0.3, -0.25) is 4.79 Å². The highest BCUT2D eigenvalue weighted by atomic mass is 32.2. The molecule has 2 N–H and O–H groups in total. The summed E-state index contributed by atoms with van der Waals surface area (Å²) >= 11 is 0. The summed E-state index contributed by atoms with van der Waals surface area (Å²) in [6, 6.07) is 7.38. The third-order valence-corrected chi connectivity index (χ3v) is 5.91. The van der Waals surface area contributed by atoms with Crippen molar-refractivity contribution >= 4 is 27.6 Å². The van der Waals surface area contributed by atoms with E-state index in [0.717, 1.165) is 0 Å². The van der Waals surface area contributed by atoms with Gasteiger partial charge >= 0.3 is 5.97 Å². The van der Waals surface area contributed by atoms with E-state index in [0.29, 0.717) is 12.4 Å². The number of nitrogens with one attached hydrogen (secondary N) is 2. The lowest BCUT2D eigenvalue weighted by molar-refractivity contribution is -0.117. The van der Waals surface area contributed by atoms with Crippen molar-refractivity contribution in [3.05, 3.63) is 42.0 Å². The van der Waals surface area contributed by atoms with E-state index in [2.05, 4.69) is 10.0 Å². The number of hydrogen-bond donors (Lipinski definition) is 2. The maximum atomic E-state index is 12.7. The summed E-state index contributed by atoms with van der Waals surface area (Å²) in [7, 11) is 0.00225. The van der Waals surface area contributed by atoms with Crippen LogP contribution in [0.4, 0.5) is 5.69 Å². The van der Waals surface area contributed by atoms with Gasteiger partial charge in [0.1, 0.15) is 5.75 Å². The van der Waals surface area contributed by atoms with Crippen LogP contribution in [0.1, 0.15) is 24.2 Å². The molecule has 10 nitrogen and oxygen atoms in total. The number of methoxy groups -OCH3 is 3. The molecular formula is C21H26N2O8S. The Hall–Kier alpha value is -3.31. The minimum absolute atomic E-state index is 0.0140. The van der Waals surface area contributed by atoms with Gasteiger partial charge in [-0.25, -0.2) is 13.2 Å². The molecule has 0 saturated carbocycles. The van der Waals surface area contributed by atoms with Crippen molar-refractivity contribution in [3.63, 3.8) is 0 Å². The summed E-state index contributed by atoms with van der Waals surface area (Å²) in [5.74, 6) is -0.366. The van der Waals surface area contributed by atoms with Gasteiger partial charge in [-0.2, -0.15) is 4.72 Å². The van der Waals surface area contributed by atoms with Gasteiger partial charge in [0.05, 0.1) is 50.1 Å². The molecule has 2 aromatic carbocycles. The minimum atomic E-state index is -3.99. The zero-order valence-corrected chi connectivity index (χ0v) is 19.2. The summed E-state index contributed by atoms with van der Waals surface area (Å²) in [6.07, 6.45) is 0. The van der Waals surface area contributed by atoms with Gasteiger partial charge in [-0.1, -0.05) is 0 Å². The number of amides is 1. The summed E-state index contributed by atoms with van der Waals surface area (Å²) in [6.45, 7) is 3.64. The number of anilines is 1. The number of sulfonamides is 1. The van der Waals surface area contributed by atoms with Gasteiger partial charge < -0.3 is 24.3 Å². The molecule has 174 valence electrons. The fraction of sp³-hybridized carbons (Fsp3) is 0.333. The Kier molecular flexibility index (Phi) is 8.44. The second-order valence-corrected chi connectivity index (χ2v) is 8.19. The molecule has 1 atom stereocenters. The highest BCUT2D eigenvalue weighted by molar-refractivity contribution is 7.89. The number of rotatable bonds is 10. The van der Waals surface area contributed by atoms with E-state index in [1.165, 1.54) is 64.7 Å². The third kappa shape index (κ3) is 5.89. The van der Waals surface area contributed by atoms with Gasteiger partial charge in [0, 0.05) is 12.1 Å². The Bertz CT molecular complexity index is 1070. The molecule has 0 aromatic heterocycles. The second kappa shape index (κ2) is 10.8. The van der Waals surface area contributed by atoms with E-state index in [-0.39, 0.29) is 27.6 Å². The van der Waals surface area contributed by atoms with Crippen LogP contribution in [0.25, 0.3) is 0 Å². The van der Waals surface area contributed by atoms with E-state index >= 15 is 0 Å².